The van der Waals surface area contributed by atoms with Crippen molar-refractivity contribution >= 4 is 18.3 Å². The number of nitrogens with zero attached hydrogens (tertiary/aromatic N) is 1. The van der Waals surface area contributed by atoms with Crippen molar-refractivity contribution in [1.82, 2.24) is 4.90 Å². The lowest BCUT2D eigenvalue weighted by Crippen LogP contribution is -2.41. The summed E-state index contributed by atoms with van der Waals surface area (Å²) in [6, 6.07) is 7.91. The lowest BCUT2D eigenvalue weighted by Gasteiger charge is -2.29. The largest absolute Gasteiger partial charge is 0.484 e. The summed E-state index contributed by atoms with van der Waals surface area (Å²) >= 11 is 0. The van der Waals surface area contributed by atoms with Gasteiger partial charge < -0.3 is 15.4 Å². The van der Waals surface area contributed by atoms with Gasteiger partial charge in [-0.3, -0.25) is 4.79 Å². The van der Waals surface area contributed by atoms with Crippen molar-refractivity contribution in [3.63, 3.8) is 0 Å². The van der Waals surface area contributed by atoms with Crippen molar-refractivity contribution in [3.05, 3.63) is 29.8 Å². The van der Waals surface area contributed by atoms with Crippen LogP contribution in [0, 0.1) is 5.41 Å². The first-order valence-electron chi connectivity index (χ1n) is 7.72. The van der Waals surface area contributed by atoms with Crippen molar-refractivity contribution in [3.8, 4) is 5.75 Å². The van der Waals surface area contributed by atoms with Crippen LogP contribution in [0.1, 0.15) is 40.2 Å². The second kappa shape index (κ2) is 8.55. The fraction of sp³-hybridized carbons (Fsp3) is 0.611. The third-order valence-corrected chi connectivity index (χ3v) is 3.73. The van der Waals surface area contributed by atoms with Crippen molar-refractivity contribution in [1.29, 1.82) is 0 Å². The van der Waals surface area contributed by atoms with Crippen LogP contribution in [0.4, 0.5) is 0 Å². The van der Waals surface area contributed by atoms with E-state index in [4.69, 9.17) is 10.5 Å². The van der Waals surface area contributed by atoms with Crippen molar-refractivity contribution in [2.24, 2.45) is 11.1 Å². The van der Waals surface area contributed by atoms with Gasteiger partial charge >= 0.3 is 0 Å². The summed E-state index contributed by atoms with van der Waals surface area (Å²) in [4.78, 5) is 13.8. The second-order valence-electron chi connectivity index (χ2n) is 7.68. The van der Waals surface area contributed by atoms with Gasteiger partial charge in [-0.15, -0.1) is 12.4 Å². The Labute approximate surface area is 146 Å². The molecule has 0 spiro atoms. The SMILES string of the molecule is CN(CC(C)(C)CN)C(=O)COc1ccc(C(C)(C)C)cc1.Cl. The Bertz CT molecular complexity index is 493. The molecule has 0 atom stereocenters. The number of hydrogen-bond acceptors (Lipinski definition) is 3. The van der Waals surface area contributed by atoms with Crippen LogP contribution in [-0.2, 0) is 10.2 Å². The Morgan fingerprint density at radius 1 is 1.13 bits per heavy atom. The molecule has 0 saturated heterocycles. The zero-order chi connectivity index (χ0) is 17.0. The molecule has 0 radical (unpaired) electrons. The fourth-order valence-electron chi connectivity index (χ4n) is 2.10. The average Bonchev–Trinajstić information content (AvgIpc) is 2.43. The minimum Gasteiger partial charge on any atom is -0.484 e. The second-order valence-corrected chi connectivity index (χ2v) is 7.68. The summed E-state index contributed by atoms with van der Waals surface area (Å²) < 4.78 is 5.58. The summed E-state index contributed by atoms with van der Waals surface area (Å²) in [7, 11) is 1.78. The maximum Gasteiger partial charge on any atom is 0.260 e. The van der Waals surface area contributed by atoms with Crippen LogP contribution in [0.3, 0.4) is 0 Å². The van der Waals surface area contributed by atoms with Gasteiger partial charge in [-0.2, -0.15) is 0 Å². The van der Waals surface area contributed by atoms with Crippen LogP contribution in [-0.4, -0.2) is 37.6 Å². The quantitative estimate of drug-likeness (QED) is 0.863. The zero-order valence-corrected chi connectivity index (χ0v) is 16.0. The number of nitrogens with two attached hydrogens (primary N) is 1. The van der Waals surface area contributed by atoms with E-state index < -0.39 is 0 Å². The number of halogens is 1. The molecule has 1 rings (SSSR count). The molecule has 1 aromatic rings. The van der Waals surface area contributed by atoms with Crippen molar-refractivity contribution in [2.45, 2.75) is 40.0 Å². The Balaban J connectivity index is 0.00000484. The Morgan fingerprint density at radius 3 is 2.09 bits per heavy atom. The Hall–Kier alpha value is -1.26. The van der Waals surface area contributed by atoms with Gasteiger partial charge in [0.15, 0.2) is 6.61 Å². The van der Waals surface area contributed by atoms with Gasteiger partial charge in [0.2, 0.25) is 0 Å². The molecule has 23 heavy (non-hydrogen) atoms. The highest BCUT2D eigenvalue weighted by Gasteiger charge is 2.21. The number of carbonyl (C=O) groups excluding carboxylic acids is 1. The third-order valence-electron chi connectivity index (χ3n) is 3.73. The topological polar surface area (TPSA) is 55.6 Å². The summed E-state index contributed by atoms with van der Waals surface area (Å²) in [6.45, 7) is 11.8. The first-order chi connectivity index (χ1) is 10.0. The monoisotopic (exact) mass is 342 g/mol. The van der Waals surface area contributed by atoms with Crippen LogP contribution >= 0.6 is 12.4 Å². The van der Waals surface area contributed by atoms with Gasteiger partial charge in [-0.1, -0.05) is 46.8 Å². The number of hydrogen-bond donors (Lipinski definition) is 1. The van der Waals surface area contributed by atoms with E-state index >= 15 is 0 Å². The van der Waals surface area contributed by atoms with Gasteiger partial charge in [-0.25, -0.2) is 0 Å². The van der Waals surface area contributed by atoms with E-state index in [0.717, 1.165) is 0 Å². The molecule has 0 aliphatic heterocycles. The molecule has 132 valence electrons. The van der Waals surface area contributed by atoms with Crippen LogP contribution in [0.15, 0.2) is 24.3 Å². The van der Waals surface area contributed by atoms with Crippen LogP contribution in [0.5, 0.6) is 5.75 Å². The third kappa shape index (κ3) is 7.23. The van der Waals surface area contributed by atoms with Crippen molar-refractivity contribution < 1.29 is 9.53 Å². The highest BCUT2D eigenvalue weighted by atomic mass is 35.5. The van der Waals surface area contributed by atoms with Gasteiger partial charge in [0, 0.05) is 13.6 Å². The average molecular weight is 343 g/mol. The minimum absolute atomic E-state index is 0. The number of ether oxygens (including phenoxy) is 1. The smallest absolute Gasteiger partial charge is 0.260 e. The fourth-order valence-corrected chi connectivity index (χ4v) is 2.10. The van der Waals surface area contributed by atoms with Crippen LogP contribution in [0.25, 0.3) is 0 Å². The lowest BCUT2D eigenvalue weighted by molar-refractivity contribution is -0.133. The van der Waals surface area contributed by atoms with E-state index in [-0.39, 0.29) is 35.8 Å². The highest BCUT2D eigenvalue weighted by molar-refractivity contribution is 5.85. The van der Waals surface area contributed by atoms with E-state index in [1.165, 1.54) is 5.56 Å². The molecule has 4 nitrogen and oxygen atoms in total. The first kappa shape index (κ1) is 21.7. The molecule has 0 aliphatic rings. The number of benzene rings is 1. The summed E-state index contributed by atoms with van der Waals surface area (Å²) in [5, 5.41) is 0. The highest BCUT2D eigenvalue weighted by Crippen LogP contribution is 2.24. The lowest BCUT2D eigenvalue weighted by atomic mass is 9.87. The van der Waals surface area contributed by atoms with Crippen molar-refractivity contribution in [2.75, 3.05) is 26.7 Å². The molecule has 0 fully saturated rings. The predicted molar refractivity (Wildman–Crippen MR) is 98.4 cm³/mol. The zero-order valence-electron chi connectivity index (χ0n) is 15.2. The molecule has 2 N–H and O–H groups in total. The van der Waals surface area contributed by atoms with Crippen LogP contribution < -0.4 is 10.5 Å². The molecule has 0 aromatic heterocycles. The number of rotatable bonds is 6. The molecule has 0 unspecified atom stereocenters. The molecule has 1 amide bonds. The minimum atomic E-state index is -0.0846. The molecule has 0 saturated carbocycles. The number of carbonyl (C=O) groups is 1. The standard InChI is InChI=1S/C18H30N2O2.ClH/c1-17(2,3)14-7-9-15(10-8-14)22-11-16(21)20(6)13-18(4,5)12-19;/h7-10H,11-13,19H2,1-6H3;1H. The molecule has 0 heterocycles. The molecule has 5 heteroatoms. The molecule has 1 aromatic carbocycles. The molecule has 0 aliphatic carbocycles. The Morgan fingerprint density at radius 2 is 1.65 bits per heavy atom. The van der Waals surface area contributed by atoms with Gasteiger partial charge in [0.05, 0.1) is 0 Å². The van der Waals surface area contributed by atoms with Gasteiger partial charge in [0.25, 0.3) is 5.91 Å². The van der Waals surface area contributed by atoms with Crippen LogP contribution in [0.2, 0.25) is 0 Å². The molecule has 0 bridgehead atoms. The van der Waals surface area contributed by atoms with E-state index in [1.54, 1.807) is 11.9 Å². The normalized spacial score (nSPS) is 11.6. The maximum absolute atomic E-state index is 12.1. The molecular formula is C18H31ClN2O2. The maximum atomic E-state index is 12.1. The first-order valence-corrected chi connectivity index (χ1v) is 7.72. The van der Waals surface area contributed by atoms with Gasteiger partial charge in [-0.05, 0) is 35.1 Å². The summed E-state index contributed by atoms with van der Waals surface area (Å²) in [6.07, 6.45) is 0. The van der Waals surface area contributed by atoms with Gasteiger partial charge in [0.1, 0.15) is 5.75 Å². The number of amides is 1. The summed E-state index contributed by atoms with van der Waals surface area (Å²) in [5.74, 6) is 0.675. The van der Waals surface area contributed by atoms with E-state index in [2.05, 4.69) is 20.8 Å². The molecular weight excluding hydrogens is 312 g/mol. The van der Waals surface area contributed by atoms with E-state index in [0.29, 0.717) is 18.8 Å². The summed E-state index contributed by atoms with van der Waals surface area (Å²) in [5.41, 5.74) is 6.97. The Kier molecular flexibility index (Phi) is 8.08. The van der Waals surface area contributed by atoms with E-state index in [9.17, 15) is 4.79 Å². The number of likely N-dealkylation sites (N-methyl/N-ethyl adjacent to an activating group) is 1. The predicted octanol–water partition coefficient (Wildman–Crippen LogP) is 3.23. The van der Waals surface area contributed by atoms with E-state index in [1.807, 2.05) is 38.1 Å².